The Morgan fingerprint density at radius 2 is 2.50 bits per heavy atom. The molecule has 1 N–H and O–H groups in total. The van der Waals surface area contributed by atoms with Crippen molar-refractivity contribution in [2.24, 2.45) is 0 Å². The maximum absolute atomic E-state index is 10.2. The number of aromatic nitrogens is 2. The van der Waals surface area contributed by atoms with Gasteiger partial charge < -0.3 is 1.43 Å². The van der Waals surface area contributed by atoms with E-state index in [1.54, 1.807) is 6.07 Å². The molecule has 1 heterocycles. The molecule has 0 amide bonds. The van der Waals surface area contributed by atoms with Crippen molar-refractivity contribution in [2.45, 2.75) is 0 Å². The second kappa shape index (κ2) is 4.40. The van der Waals surface area contributed by atoms with Gasteiger partial charge in [0.25, 0.3) is 5.56 Å². The van der Waals surface area contributed by atoms with Gasteiger partial charge in [-0.25, -0.2) is 5.10 Å². The van der Waals surface area contributed by atoms with Crippen LogP contribution >= 0.6 is 0 Å². The fraction of sp³-hybridized carbons (Fsp3) is 0. The topological polar surface area (TPSA) is 45.8 Å². The summed E-state index contributed by atoms with van der Waals surface area (Å²) in [5, 5.41) is 5.67. The average Bonchev–Trinajstić information content (AvgIpc) is 1.69. The van der Waals surface area contributed by atoms with E-state index in [1.807, 2.05) is 0 Å². The first-order chi connectivity index (χ1) is 3.39. The van der Waals surface area contributed by atoms with Gasteiger partial charge in [0.2, 0.25) is 0 Å². The van der Waals surface area contributed by atoms with Crippen LogP contribution in [0.4, 0.5) is 0 Å². The molecular formula is C4H5KN2O. The number of nitrogens with zero attached hydrogens (tertiary/aromatic N) is 1. The van der Waals surface area contributed by atoms with Gasteiger partial charge in [-0.15, -0.1) is 0 Å². The van der Waals surface area contributed by atoms with Crippen LogP contribution in [0.15, 0.2) is 23.1 Å². The minimum absolute atomic E-state index is 0. The summed E-state index contributed by atoms with van der Waals surface area (Å²) in [5.74, 6) is 0. The summed E-state index contributed by atoms with van der Waals surface area (Å²) in [5.41, 5.74) is -0.164. The molecule has 1 aromatic rings. The minimum atomic E-state index is -0.164. The molecule has 38 valence electrons. The fourth-order valence-corrected chi connectivity index (χ4v) is 0.312. The van der Waals surface area contributed by atoms with Gasteiger partial charge in [-0.2, -0.15) is 5.10 Å². The average molecular weight is 136 g/mol. The Bertz CT molecular complexity index is 184. The van der Waals surface area contributed by atoms with Crippen LogP contribution in [0.5, 0.6) is 0 Å². The van der Waals surface area contributed by atoms with E-state index in [0.29, 0.717) is 0 Å². The molecule has 0 aromatic carbocycles. The number of aromatic amines is 1. The van der Waals surface area contributed by atoms with Gasteiger partial charge in [-0.05, 0) is 6.07 Å². The van der Waals surface area contributed by atoms with E-state index in [-0.39, 0.29) is 58.4 Å². The molecule has 0 atom stereocenters. The first-order valence-corrected chi connectivity index (χ1v) is 1.89. The van der Waals surface area contributed by atoms with Crippen molar-refractivity contribution in [1.29, 1.82) is 0 Å². The molecule has 0 aliphatic carbocycles. The number of H-pyrrole nitrogens is 1. The van der Waals surface area contributed by atoms with Gasteiger partial charge in [0.1, 0.15) is 0 Å². The number of nitrogens with one attached hydrogen (secondary N) is 1. The Balaban J connectivity index is 0. The van der Waals surface area contributed by atoms with E-state index in [9.17, 15) is 4.79 Å². The molecule has 0 bridgehead atoms. The van der Waals surface area contributed by atoms with Crippen LogP contribution in [-0.4, -0.2) is 10.2 Å². The molecule has 0 radical (unpaired) electrons. The monoisotopic (exact) mass is 136 g/mol. The predicted molar refractivity (Wildman–Crippen MR) is 26.0 cm³/mol. The van der Waals surface area contributed by atoms with E-state index in [1.165, 1.54) is 12.3 Å². The molecule has 4 heteroatoms. The van der Waals surface area contributed by atoms with Crippen molar-refractivity contribution in [3.05, 3.63) is 28.7 Å². The Morgan fingerprint density at radius 1 is 1.75 bits per heavy atom. The van der Waals surface area contributed by atoms with Crippen molar-refractivity contribution in [3.8, 4) is 0 Å². The summed E-state index contributed by atoms with van der Waals surface area (Å²) < 4.78 is 0. The SMILES string of the molecule is O=c1cccn[nH]1.[H-].[K+]. The Labute approximate surface area is 90.4 Å². The van der Waals surface area contributed by atoms with Gasteiger partial charge in [0.15, 0.2) is 0 Å². The molecule has 0 saturated carbocycles. The summed E-state index contributed by atoms with van der Waals surface area (Å²) in [4.78, 5) is 10.2. The Hall–Kier alpha value is 0.516. The van der Waals surface area contributed by atoms with Crippen LogP contribution in [0.1, 0.15) is 1.43 Å². The van der Waals surface area contributed by atoms with Gasteiger partial charge in [0.05, 0.1) is 0 Å². The molecular weight excluding hydrogens is 131 g/mol. The zero-order chi connectivity index (χ0) is 5.11. The molecule has 0 aliphatic heterocycles. The predicted octanol–water partition coefficient (Wildman–Crippen LogP) is -3.11. The van der Waals surface area contributed by atoms with Crippen LogP contribution in [-0.2, 0) is 0 Å². The van der Waals surface area contributed by atoms with Crippen molar-refractivity contribution in [3.63, 3.8) is 0 Å². The third-order valence-corrected chi connectivity index (χ3v) is 0.583. The maximum Gasteiger partial charge on any atom is 1.00 e. The van der Waals surface area contributed by atoms with Crippen molar-refractivity contribution >= 4 is 0 Å². The van der Waals surface area contributed by atoms with E-state index in [2.05, 4.69) is 10.2 Å². The summed E-state index contributed by atoms with van der Waals surface area (Å²) in [6, 6.07) is 2.99. The Kier molecular flexibility index (Phi) is 4.68. The van der Waals surface area contributed by atoms with E-state index < -0.39 is 0 Å². The fourth-order valence-electron chi connectivity index (χ4n) is 0.312. The zero-order valence-electron chi connectivity index (χ0n) is 5.59. The second-order valence-electron chi connectivity index (χ2n) is 1.11. The zero-order valence-corrected chi connectivity index (χ0v) is 7.71. The quantitative estimate of drug-likeness (QED) is 0.384. The van der Waals surface area contributed by atoms with Crippen molar-refractivity contribution in [2.75, 3.05) is 0 Å². The third kappa shape index (κ3) is 2.73. The number of rotatable bonds is 0. The van der Waals surface area contributed by atoms with Crippen LogP contribution in [0.25, 0.3) is 0 Å². The molecule has 0 aliphatic rings. The number of hydrogen-bond acceptors (Lipinski definition) is 2. The molecule has 1 rings (SSSR count). The molecule has 1 aromatic heterocycles. The summed E-state index contributed by atoms with van der Waals surface area (Å²) in [6.45, 7) is 0. The van der Waals surface area contributed by atoms with E-state index in [4.69, 9.17) is 0 Å². The van der Waals surface area contributed by atoms with Crippen molar-refractivity contribution in [1.82, 2.24) is 10.2 Å². The van der Waals surface area contributed by atoms with E-state index in [0.717, 1.165) is 0 Å². The standard InChI is InChI=1S/C4H4N2O.K.H/c7-4-2-1-3-5-6-4;;/h1-3H,(H,6,7);;/q;+1;-1. The largest absolute Gasteiger partial charge is 1.00 e. The van der Waals surface area contributed by atoms with Gasteiger partial charge >= 0.3 is 51.4 Å². The Morgan fingerprint density at radius 3 is 2.75 bits per heavy atom. The second-order valence-corrected chi connectivity index (χ2v) is 1.11. The first kappa shape index (κ1) is 8.52. The molecule has 0 spiro atoms. The smallest absolute Gasteiger partial charge is 1.00 e. The van der Waals surface area contributed by atoms with E-state index >= 15 is 0 Å². The first-order valence-electron chi connectivity index (χ1n) is 1.89. The molecule has 3 nitrogen and oxygen atoms in total. The third-order valence-electron chi connectivity index (χ3n) is 0.583. The van der Waals surface area contributed by atoms with Crippen LogP contribution in [0, 0.1) is 0 Å². The summed E-state index contributed by atoms with van der Waals surface area (Å²) in [7, 11) is 0. The van der Waals surface area contributed by atoms with Crippen LogP contribution in [0.3, 0.4) is 0 Å². The molecule has 0 fully saturated rings. The maximum atomic E-state index is 10.2. The molecule has 0 unspecified atom stereocenters. The summed E-state index contributed by atoms with van der Waals surface area (Å²) >= 11 is 0. The molecule has 0 saturated heterocycles. The van der Waals surface area contributed by atoms with Gasteiger partial charge in [-0.3, -0.25) is 4.79 Å². The normalized spacial score (nSPS) is 7.50. The van der Waals surface area contributed by atoms with Crippen molar-refractivity contribution < 1.29 is 52.8 Å². The van der Waals surface area contributed by atoms with Crippen LogP contribution in [0.2, 0.25) is 0 Å². The minimum Gasteiger partial charge on any atom is -1.00 e. The summed E-state index contributed by atoms with van der Waals surface area (Å²) in [6.07, 6.45) is 1.52. The number of hydrogen-bond donors (Lipinski definition) is 1. The molecule has 8 heavy (non-hydrogen) atoms. The van der Waals surface area contributed by atoms with Crippen LogP contribution < -0.4 is 56.9 Å². The van der Waals surface area contributed by atoms with Gasteiger partial charge in [-0.1, -0.05) is 0 Å². The van der Waals surface area contributed by atoms with Gasteiger partial charge in [0, 0.05) is 12.3 Å².